The minimum absolute atomic E-state index is 0.0265. The number of nitrogens with one attached hydrogen (secondary N) is 1. The topological polar surface area (TPSA) is 175 Å². The zero-order valence-corrected chi connectivity index (χ0v) is 29.9. The normalized spacial score (nSPS) is 10.9. The highest BCUT2D eigenvalue weighted by Gasteiger charge is 2.25. The number of nitro benzene ring substituents is 1. The minimum Gasteiger partial charge on any atom is -0.506 e. The highest BCUT2D eigenvalue weighted by Crippen LogP contribution is 2.42. The van der Waals surface area contributed by atoms with Crippen molar-refractivity contribution in [1.82, 2.24) is 25.5 Å². The van der Waals surface area contributed by atoms with Crippen LogP contribution in [-0.2, 0) is 0 Å². The van der Waals surface area contributed by atoms with Crippen molar-refractivity contribution < 1.29 is 29.1 Å². The number of aromatic hydroxyl groups is 1. The van der Waals surface area contributed by atoms with E-state index in [1.165, 1.54) is 40.9 Å². The maximum Gasteiger partial charge on any atom is 0.293 e. The number of ether oxygens (including phenoxy) is 2. The fourth-order valence-corrected chi connectivity index (χ4v) is 6.25. The Kier molecular flexibility index (Phi) is 11.1. The summed E-state index contributed by atoms with van der Waals surface area (Å²) < 4.78 is 13.6. The molecule has 0 spiro atoms. The van der Waals surface area contributed by atoms with Gasteiger partial charge in [-0.2, -0.15) is 4.68 Å². The Morgan fingerprint density at radius 3 is 2.42 bits per heavy atom. The molecule has 0 unspecified atom stereocenters. The van der Waals surface area contributed by atoms with Gasteiger partial charge in [0.25, 0.3) is 16.8 Å². The van der Waals surface area contributed by atoms with Gasteiger partial charge in [0, 0.05) is 48.3 Å². The lowest BCUT2D eigenvalue weighted by Gasteiger charge is -2.21. The summed E-state index contributed by atoms with van der Waals surface area (Å²) in [6, 6.07) is 27.1. The Bertz CT molecular complexity index is 2300. The Labute approximate surface area is 308 Å². The van der Waals surface area contributed by atoms with Crippen LogP contribution in [0, 0.1) is 24.0 Å². The molecular formula is C38H35N7O7S. The summed E-state index contributed by atoms with van der Waals surface area (Å²) in [5.74, 6) is 0.343. The van der Waals surface area contributed by atoms with E-state index in [0.29, 0.717) is 42.5 Å². The number of nitro groups is 1. The minimum atomic E-state index is -0.581. The van der Waals surface area contributed by atoms with E-state index in [-0.39, 0.29) is 39.3 Å². The molecule has 15 heteroatoms. The molecule has 0 saturated carbocycles. The molecule has 6 aromatic rings. The van der Waals surface area contributed by atoms with Gasteiger partial charge >= 0.3 is 0 Å². The van der Waals surface area contributed by atoms with Crippen LogP contribution >= 0.6 is 11.8 Å². The molecule has 6 rings (SSSR count). The second-order valence-corrected chi connectivity index (χ2v) is 13.0. The predicted molar refractivity (Wildman–Crippen MR) is 201 cm³/mol. The number of fused-ring (bicyclic) bond motifs is 1. The van der Waals surface area contributed by atoms with Crippen LogP contribution in [0.1, 0.15) is 34.3 Å². The summed E-state index contributed by atoms with van der Waals surface area (Å²) in [6.45, 7) is 4.84. The summed E-state index contributed by atoms with van der Waals surface area (Å²) in [5.41, 5.74) is 2.62. The number of amides is 2. The lowest BCUT2D eigenvalue weighted by molar-refractivity contribution is -0.384. The number of tetrazole rings is 1. The third-order valence-corrected chi connectivity index (χ3v) is 9.18. The number of phenolic OH excluding ortho intramolecular Hbond substituents is 1. The first-order valence-corrected chi connectivity index (χ1v) is 17.4. The number of hydrogen-bond acceptors (Lipinski definition) is 11. The molecule has 53 heavy (non-hydrogen) atoms. The number of para-hydroxylation sites is 1. The van der Waals surface area contributed by atoms with E-state index in [9.17, 15) is 24.8 Å². The summed E-state index contributed by atoms with van der Waals surface area (Å²) in [4.78, 5) is 39.4. The van der Waals surface area contributed by atoms with Crippen LogP contribution < -0.4 is 19.7 Å². The first-order chi connectivity index (χ1) is 25.6. The highest BCUT2D eigenvalue weighted by molar-refractivity contribution is 8.13. The molecule has 0 aliphatic rings. The first kappa shape index (κ1) is 36.3. The van der Waals surface area contributed by atoms with E-state index in [4.69, 9.17) is 9.47 Å². The number of aryl methyl sites for hydroxylation is 2. The Morgan fingerprint density at radius 2 is 1.66 bits per heavy atom. The van der Waals surface area contributed by atoms with Crippen molar-refractivity contribution in [2.24, 2.45) is 0 Å². The lowest BCUT2D eigenvalue weighted by atomic mass is 10.0. The number of carbonyl (C=O) groups is 2. The van der Waals surface area contributed by atoms with Gasteiger partial charge < -0.3 is 24.8 Å². The van der Waals surface area contributed by atoms with Crippen LogP contribution in [0.2, 0.25) is 0 Å². The lowest BCUT2D eigenvalue weighted by Crippen LogP contribution is -2.25. The molecule has 14 nitrogen and oxygen atoms in total. The predicted octanol–water partition coefficient (Wildman–Crippen LogP) is 7.78. The number of rotatable bonds is 13. The largest absolute Gasteiger partial charge is 0.506 e. The summed E-state index contributed by atoms with van der Waals surface area (Å²) in [5, 5.41) is 37.9. The van der Waals surface area contributed by atoms with Gasteiger partial charge in [-0.25, -0.2) is 0 Å². The summed E-state index contributed by atoms with van der Waals surface area (Å²) in [6.07, 6.45) is 1.33. The van der Waals surface area contributed by atoms with Crippen LogP contribution in [0.3, 0.4) is 0 Å². The third kappa shape index (κ3) is 8.37. The molecule has 0 aliphatic heterocycles. The molecule has 1 heterocycles. The molecule has 2 N–H and O–H groups in total. The van der Waals surface area contributed by atoms with Crippen molar-refractivity contribution in [3.05, 3.63) is 124 Å². The zero-order chi connectivity index (χ0) is 37.5. The Balaban J connectivity index is 1.21. The van der Waals surface area contributed by atoms with E-state index in [2.05, 4.69) is 26.9 Å². The number of hydrogen-bond donors (Lipinski definition) is 2. The van der Waals surface area contributed by atoms with Gasteiger partial charge in [0.15, 0.2) is 5.75 Å². The molecule has 0 saturated heterocycles. The van der Waals surface area contributed by atoms with Gasteiger partial charge in [0.1, 0.15) is 17.2 Å². The molecule has 0 aliphatic carbocycles. The monoisotopic (exact) mass is 733 g/mol. The fourth-order valence-electron chi connectivity index (χ4n) is 5.56. The second-order valence-electron chi connectivity index (χ2n) is 12.0. The van der Waals surface area contributed by atoms with Crippen molar-refractivity contribution in [2.75, 3.05) is 25.1 Å². The van der Waals surface area contributed by atoms with E-state index in [1.807, 2.05) is 32.0 Å². The number of unbranched alkanes of at least 4 members (excludes halogenated alkanes) is 1. The summed E-state index contributed by atoms with van der Waals surface area (Å²) >= 11 is 0.722. The van der Waals surface area contributed by atoms with E-state index in [0.717, 1.165) is 28.6 Å². The van der Waals surface area contributed by atoms with Gasteiger partial charge in [-0.05, 0) is 73.0 Å². The quantitative estimate of drug-likeness (QED) is 0.0513. The summed E-state index contributed by atoms with van der Waals surface area (Å²) in [7, 11) is 1.44. The van der Waals surface area contributed by atoms with Crippen molar-refractivity contribution in [3.8, 4) is 28.7 Å². The number of aromatic nitrogens is 4. The molecular weight excluding hydrogens is 699 g/mol. The third-order valence-electron chi connectivity index (χ3n) is 8.30. The van der Waals surface area contributed by atoms with Crippen molar-refractivity contribution >= 4 is 45.1 Å². The van der Waals surface area contributed by atoms with Gasteiger partial charge in [0.05, 0.1) is 28.5 Å². The molecule has 270 valence electrons. The average Bonchev–Trinajstić information content (AvgIpc) is 3.63. The molecule has 0 bridgehead atoms. The van der Waals surface area contributed by atoms with Crippen molar-refractivity contribution in [1.29, 1.82) is 0 Å². The molecule has 5 aromatic carbocycles. The highest BCUT2D eigenvalue weighted by atomic mass is 32.2. The molecule has 0 atom stereocenters. The number of phenols is 1. The second kappa shape index (κ2) is 16.2. The number of benzene rings is 5. The van der Waals surface area contributed by atoms with E-state index in [1.54, 1.807) is 48.5 Å². The average molecular weight is 734 g/mol. The van der Waals surface area contributed by atoms with Crippen LogP contribution in [0.25, 0.3) is 16.5 Å². The fraction of sp³-hybridized carbons (Fsp3) is 0.184. The van der Waals surface area contributed by atoms with Gasteiger partial charge in [-0.15, -0.1) is 5.10 Å². The maximum absolute atomic E-state index is 13.6. The molecule has 2 amide bonds. The number of anilines is 1. The van der Waals surface area contributed by atoms with Crippen LogP contribution in [-0.4, -0.2) is 61.6 Å². The van der Waals surface area contributed by atoms with Crippen molar-refractivity contribution in [3.63, 3.8) is 0 Å². The van der Waals surface area contributed by atoms with Crippen LogP contribution in [0.5, 0.6) is 23.0 Å². The van der Waals surface area contributed by atoms with Crippen LogP contribution in [0.15, 0.2) is 102 Å². The Morgan fingerprint density at radius 1 is 0.925 bits per heavy atom. The number of non-ortho nitro benzene ring substituents is 1. The molecule has 0 radical (unpaired) electrons. The number of nitrogens with zero attached hydrogens (tertiary/aromatic N) is 6. The molecule has 0 fully saturated rings. The standard InChI is InChI=1S/C38H35N7O7S/c1-24-15-17-32(25(2)21-24)51-20-10-9-19-39-36(47)30-23-34(28-13-7-8-14-29(28)35(30)46)52-33-18-16-27(45(49)50)22-31(33)43(3)38(48)53-37-40-41-42-44(37)26-11-5-4-6-12-26/h4-8,11-18,21-23,46H,9-10,19-20H2,1-3H3,(H,39,47). The van der Waals surface area contributed by atoms with Crippen LogP contribution in [0.4, 0.5) is 16.2 Å². The molecule has 1 aromatic heterocycles. The number of thioether (sulfide) groups is 1. The first-order valence-electron chi connectivity index (χ1n) is 16.6. The smallest absolute Gasteiger partial charge is 0.293 e. The van der Waals surface area contributed by atoms with Gasteiger partial charge in [0.2, 0.25) is 5.16 Å². The van der Waals surface area contributed by atoms with Gasteiger partial charge in [-0.1, -0.05) is 60.2 Å². The number of carbonyl (C=O) groups excluding carboxylic acids is 2. The van der Waals surface area contributed by atoms with Crippen molar-refractivity contribution in [2.45, 2.75) is 31.8 Å². The maximum atomic E-state index is 13.6. The zero-order valence-electron chi connectivity index (χ0n) is 29.1. The Hall–Kier alpha value is -6.48. The van der Waals surface area contributed by atoms with E-state index < -0.39 is 16.1 Å². The SMILES string of the molecule is Cc1ccc(OCCCCNC(=O)c2cc(Oc3ccc([N+](=O)[O-])cc3N(C)C(=O)Sc3nnnn3-c3ccccc3)c3ccccc3c2O)c(C)c1. The van der Waals surface area contributed by atoms with Gasteiger partial charge in [-0.3, -0.25) is 19.7 Å². The van der Waals surface area contributed by atoms with E-state index >= 15 is 0 Å².